The number of hydrogen-bond donors (Lipinski definition) is 5. The molecule has 0 aromatic carbocycles. The molecule has 2 heterocycles. The minimum Gasteiger partial charge on any atom is -0.396 e. The topological polar surface area (TPSA) is 146 Å². The van der Waals surface area contributed by atoms with Crippen molar-refractivity contribution in [1.29, 1.82) is 0 Å². The smallest absolute Gasteiger partial charge is 0.330 e. The van der Waals surface area contributed by atoms with Crippen molar-refractivity contribution < 1.29 is 23.8 Å². The van der Waals surface area contributed by atoms with Gasteiger partial charge in [0.15, 0.2) is 0 Å². The van der Waals surface area contributed by atoms with Crippen molar-refractivity contribution in [2.45, 2.75) is 147 Å². The Hall–Kier alpha value is -1.29. The number of unbranched alkanes of at least 4 members (excludes halogenated alkanes) is 18. The molecule has 1 aliphatic rings. The maximum absolute atomic E-state index is 13.3. The first kappa shape index (κ1) is 39.9. The molecule has 0 saturated heterocycles. The summed E-state index contributed by atoms with van der Waals surface area (Å²) in [7, 11) is -3.22. The van der Waals surface area contributed by atoms with Crippen LogP contribution in [-0.4, -0.2) is 71.9 Å². The fraction of sp³-hybridized carbons (Fsp3) is 0.882. The second kappa shape index (κ2) is 25.8. The minimum atomic E-state index is -3.22. The normalized spacial score (nSPS) is 16.4. The molecular weight excluding hydrogens is 591 g/mol. The number of nitrogens with one attached hydrogen (secondary N) is 3. The third kappa shape index (κ3) is 18.0. The lowest BCUT2D eigenvalue weighted by atomic mass is 10.0. The van der Waals surface area contributed by atoms with Crippen LogP contribution in [0.2, 0.25) is 0 Å². The van der Waals surface area contributed by atoms with E-state index < -0.39 is 7.60 Å². The number of fused-ring (bicyclic) bond motifs is 1. The Balaban J connectivity index is 1.43. The molecule has 0 bridgehead atoms. The largest absolute Gasteiger partial charge is 0.396 e. The van der Waals surface area contributed by atoms with Gasteiger partial charge < -0.3 is 34.9 Å². The molecular formula is C34H65N4O6P. The third-order valence-corrected chi connectivity index (χ3v) is 10.9. The van der Waals surface area contributed by atoms with Gasteiger partial charge >= 0.3 is 7.60 Å². The van der Waals surface area contributed by atoms with E-state index in [1.807, 2.05) is 6.92 Å². The van der Waals surface area contributed by atoms with Crippen LogP contribution in [0.3, 0.4) is 0 Å². The Morgan fingerprint density at radius 2 is 1.40 bits per heavy atom. The highest BCUT2D eigenvalue weighted by atomic mass is 31.2. The van der Waals surface area contributed by atoms with Crippen molar-refractivity contribution in [3.8, 4) is 0 Å². The van der Waals surface area contributed by atoms with Crippen LogP contribution in [0.4, 0.5) is 5.69 Å². The number of nitrogens with zero attached hydrogens (tertiary/aromatic N) is 1. The molecule has 1 aromatic heterocycles. The molecule has 0 fully saturated rings. The number of aliphatic hydroxyl groups excluding tert-OH is 2. The lowest BCUT2D eigenvalue weighted by Gasteiger charge is -2.22. The first-order chi connectivity index (χ1) is 22.0. The highest BCUT2D eigenvalue weighted by molar-refractivity contribution is 7.53. The summed E-state index contributed by atoms with van der Waals surface area (Å²) in [5.74, 6) is 0.0284. The Labute approximate surface area is 272 Å². The van der Waals surface area contributed by atoms with Crippen LogP contribution in [0.5, 0.6) is 0 Å². The predicted octanol–water partition coefficient (Wildman–Crippen LogP) is 7.27. The van der Waals surface area contributed by atoms with E-state index >= 15 is 0 Å². The molecule has 45 heavy (non-hydrogen) atoms. The second-order valence-corrected chi connectivity index (χ2v) is 14.9. The summed E-state index contributed by atoms with van der Waals surface area (Å²) in [6.07, 6.45) is 26.2. The van der Waals surface area contributed by atoms with Crippen molar-refractivity contribution in [3.05, 3.63) is 22.4 Å². The molecule has 1 aliphatic heterocycles. The molecule has 0 amide bonds. The summed E-state index contributed by atoms with van der Waals surface area (Å²) in [6, 6.07) is -0.248. The average molecular weight is 657 g/mol. The summed E-state index contributed by atoms with van der Waals surface area (Å²) in [5.41, 5.74) is 1.07. The minimum absolute atomic E-state index is 0.0284. The van der Waals surface area contributed by atoms with Crippen LogP contribution >= 0.6 is 7.60 Å². The van der Waals surface area contributed by atoms with Crippen LogP contribution in [0.1, 0.15) is 147 Å². The molecule has 0 spiro atoms. The van der Waals surface area contributed by atoms with Crippen molar-refractivity contribution in [2.75, 3.05) is 51.0 Å². The SMILES string of the molecule is CCOP(=O)(CC[C@@H](CO)NCC1CNc2c1nc[nH]c2=O)OCCCCCCCCCCCCCCCCCCCCCO. The first-order valence-electron chi connectivity index (χ1n) is 18.2. The average Bonchev–Trinajstić information content (AvgIpc) is 3.46. The molecule has 0 saturated carbocycles. The van der Waals surface area contributed by atoms with Crippen molar-refractivity contribution in [2.24, 2.45) is 0 Å². The number of anilines is 1. The van der Waals surface area contributed by atoms with Crippen LogP contribution in [0.25, 0.3) is 0 Å². The van der Waals surface area contributed by atoms with E-state index in [-0.39, 0.29) is 30.3 Å². The van der Waals surface area contributed by atoms with Gasteiger partial charge in [-0.25, -0.2) is 4.98 Å². The Morgan fingerprint density at radius 1 is 0.867 bits per heavy atom. The Bertz CT molecular complexity index is 965. The quantitative estimate of drug-likeness (QED) is 0.0411. The zero-order valence-corrected chi connectivity index (χ0v) is 29.1. The lowest BCUT2D eigenvalue weighted by molar-refractivity contribution is 0.201. The molecule has 0 aliphatic carbocycles. The standard InChI is InChI=1S/C34H65N4O6P/c1-2-43-45(42,25-22-31(28-40)35-26-30-27-36-33-32(30)37-29-38-34(33)41)44-24-21-19-17-15-13-11-9-7-5-3-4-6-8-10-12-14-16-18-20-23-39/h29-31,35-36,39-40H,2-28H2,1H3,(H,37,38,41)/t30?,31-,45?/m0/s1. The zero-order valence-electron chi connectivity index (χ0n) is 28.2. The molecule has 262 valence electrons. The first-order valence-corrected chi connectivity index (χ1v) is 19.9. The monoisotopic (exact) mass is 656 g/mol. The summed E-state index contributed by atoms with van der Waals surface area (Å²) < 4.78 is 24.6. The summed E-state index contributed by atoms with van der Waals surface area (Å²) in [4.78, 5) is 18.8. The number of rotatable bonds is 31. The zero-order chi connectivity index (χ0) is 32.4. The van der Waals surface area contributed by atoms with Gasteiger partial charge in [0.2, 0.25) is 0 Å². The summed E-state index contributed by atoms with van der Waals surface area (Å²) in [6.45, 7) is 4.00. The molecule has 2 rings (SSSR count). The highest BCUT2D eigenvalue weighted by Crippen LogP contribution is 2.49. The second-order valence-electron chi connectivity index (χ2n) is 12.7. The number of aromatic nitrogens is 2. The summed E-state index contributed by atoms with van der Waals surface area (Å²) >= 11 is 0. The maximum atomic E-state index is 13.3. The van der Waals surface area contributed by atoms with Gasteiger partial charge in [0, 0.05) is 31.7 Å². The van der Waals surface area contributed by atoms with Gasteiger partial charge in [-0.2, -0.15) is 0 Å². The van der Waals surface area contributed by atoms with E-state index in [1.54, 1.807) is 0 Å². The molecule has 11 heteroatoms. The molecule has 2 unspecified atom stereocenters. The van der Waals surface area contributed by atoms with Gasteiger partial charge in [-0.15, -0.1) is 0 Å². The van der Waals surface area contributed by atoms with Crippen molar-refractivity contribution in [1.82, 2.24) is 15.3 Å². The van der Waals surface area contributed by atoms with Crippen molar-refractivity contribution in [3.63, 3.8) is 0 Å². The van der Waals surface area contributed by atoms with E-state index in [4.69, 9.17) is 14.2 Å². The maximum Gasteiger partial charge on any atom is 0.330 e. The summed E-state index contributed by atoms with van der Waals surface area (Å²) in [5, 5.41) is 25.1. The van der Waals surface area contributed by atoms with Crippen LogP contribution in [0, 0.1) is 0 Å². The van der Waals surface area contributed by atoms with Gasteiger partial charge in [0.05, 0.1) is 38.0 Å². The fourth-order valence-electron chi connectivity index (χ4n) is 6.05. The van der Waals surface area contributed by atoms with Gasteiger partial charge in [0.25, 0.3) is 5.56 Å². The van der Waals surface area contributed by atoms with Crippen LogP contribution in [0.15, 0.2) is 11.1 Å². The number of aliphatic hydroxyl groups is 2. The molecule has 0 radical (unpaired) electrons. The van der Waals surface area contributed by atoms with E-state index in [9.17, 15) is 14.5 Å². The number of aromatic amines is 1. The lowest BCUT2D eigenvalue weighted by Crippen LogP contribution is -2.36. The van der Waals surface area contributed by atoms with E-state index in [2.05, 4.69) is 20.6 Å². The Morgan fingerprint density at radius 3 is 1.91 bits per heavy atom. The molecule has 10 nitrogen and oxygen atoms in total. The van der Waals surface area contributed by atoms with Gasteiger partial charge in [-0.3, -0.25) is 9.36 Å². The van der Waals surface area contributed by atoms with Crippen LogP contribution < -0.4 is 16.2 Å². The van der Waals surface area contributed by atoms with E-state index in [1.165, 1.54) is 109 Å². The fourth-order valence-corrected chi connectivity index (χ4v) is 7.81. The van der Waals surface area contributed by atoms with Gasteiger partial charge in [-0.1, -0.05) is 109 Å². The molecule has 1 aromatic rings. The number of H-pyrrole nitrogens is 1. The molecule has 5 N–H and O–H groups in total. The van der Waals surface area contributed by atoms with Crippen molar-refractivity contribution >= 4 is 13.3 Å². The van der Waals surface area contributed by atoms with Gasteiger partial charge in [-0.05, 0) is 26.2 Å². The van der Waals surface area contributed by atoms with Crippen LogP contribution in [-0.2, 0) is 13.6 Å². The van der Waals surface area contributed by atoms with E-state index in [0.717, 1.165) is 25.0 Å². The number of hydrogen-bond acceptors (Lipinski definition) is 9. The highest BCUT2D eigenvalue weighted by Gasteiger charge is 2.28. The molecule has 3 atom stereocenters. The third-order valence-electron chi connectivity index (χ3n) is 8.84. The predicted molar refractivity (Wildman–Crippen MR) is 184 cm³/mol. The van der Waals surface area contributed by atoms with E-state index in [0.29, 0.717) is 45.0 Å². The Kier molecular flexibility index (Phi) is 22.8. The van der Waals surface area contributed by atoms with Gasteiger partial charge in [0.1, 0.15) is 5.69 Å².